The van der Waals surface area contributed by atoms with E-state index in [0.29, 0.717) is 0 Å². The van der Waals surface area contributed by atoms with Crippen LogP contribution in [0.25, 0.3) is 53.9 Å². The number of para-hydroxylation sites is 2. The summed E-state index contributed by atoms with van der Waals surface area (Å²) in [6, 6.07) is 25.5. The number of thiophene rings is 1. The molecular weight excluding hydrogens is 398 g/mol. The van der Waals surface area contributed by atoms with Crippen LogP contribution in [0.2, 0.25) is 0 Å². The zero-order chi connectivity index (χ0) is 21.1. The van der Waals surface area contributed by atoms with Crippen LogP contribution in [0.4, 0.5) is 0 Å². The molecule has 3 heterocycles. The van der Waals surface area contributed by atoms with Crippen LogP contribution >= 0.6 is 11.3 Å². The van der Waals surface area contributed by atoms with Crippen LogP contribution < -0.4 is 0 Å². The van der Waals surface area contributed by atoms with E-state index < -0.39 is 0 Å². The van der Waals surface area contributed by atoms with Crippen LogP contribution in [-0.2, 0) is 0 Å². The summed E-state index contributed by atoms with van der Waals surface area (Å²) in [7, 11) is 0. The fourth-order valence-corrected chi connectivity index (χ4v) is 5.89. The summed E-state index contributed by atoms with van der Waals surface area (Å²) in [5.41, 5.74) is 10.1. The molecule has 0 unspecified atom stereocenters. The van der Waals surface area contributed by atoms with Gasteiger partial charge in [0.05, 0.1) is 15.9 Å². The molecule has 0 aliphatic carbocycles. The first-order chi connectivity index (χ1) is 15.1. The molecular formula is C28H21NOS. The monoisotopic (exact) mass is 419 g/mol. The molecule has 150 valence electrons. The Morgan fingerprint density at radius 1 is 0.774 bits per heavy atom. The second-order valence-corrected chi connectivity index (χ2v) is 9.33. The highest BCUT2D eigenvalue weighted by Crippen LogP contribution is 2.39. The maximum absolute atomic E-state index is 6.23. The zero-order valence-corrected chi connectivity index (χ0v) is 18.5. The number of hydrogen-bond donors (Lipinski definition) is 0. The first-order valence-electron chi connectivity index (χ1n) is 10.5. The Balaban J connectivity index is 1.53. The van der Waals surface area contributed by atoms with Crippen molar-refractivity contribution in [3.8, 4) is 21.7 Å². The molecule has 2 nitrogen and oxygen atoms in total. The summed E-state index contributed by atoms with van der Waals surface area (Å²) in [5.74, 6) is 0. The number of fused-ring (bicyclic) bond motifs is 4. The molecule has 0 atom stereocenters. The maximum atomic E-state index is 6.23. The van der Waals surface area contributed by atoms with Gasteiger partial charge in [-0.1, -0.05) is 48.0 Å². The normalized spacial score (nSPS) is 11.7. The zero-order valence-electron chi connectivity index (χ0n) is 17.7. The third kappa shape index (κ3) is 2.88. The summed E-state index contributed by atoms with van der Waals surface area (Å²) < 4.78 is 7.43. The van der Waals surface area contributed by atoms with Crippen molar-refractivity contribution >= 4 is 43.5 Å². The highest BCUT2D eigenvalue weighted by atomic mass is 32.1. The van der Waals surface area contributed by atoms with Crippen LogP contribution in [0, 0.1) is 20.8 Å². The number of nitrogens with zero attached hydrogens (tertiary/aromatic N) is 1. The fourth-order valence-electron chi connectivity index (χ4n) is 4.71. The Hall–Kier alpha value is -3.43. The predicted molar refractivity (Wildman–Crippen MR) is 132 cm³/mol. The van der Waals surface area contributed by atoms with E-state index in [9.17, 15) is 0 Å². The number of pyridine rings is 1. The number of benzene rings is 3. The number of rotatable bonds is 2. The van der Waals surface area contributed by atoms with E-state index in [0.717, 1.165) is 38.7 Å². The molecule has 0 saturated carbocycles. The maximum Gasteiger partial charge on any atom is 0.144 e. The molecule has 31 heavy (non-hydrogen) atoms. The molecule has 0 N–H and O–H groups in total. The molecule has 0 fully saturated rings. The average molecular weight is 420 g/mol. The van der Waals surface area contributed by atoms with Crippen molar-refractivity contribution in [3.05, 3.63) is 89.5 Å². The summed E-state index contributed by atoms with van der Waals surface area (Å²) >= 11 is 1.81. The van der Waals surface area contributed by atoms with Gasteiger partial charge in [-0.25, -0.2) is 4.98 Å². The van der Waals surface area contributed by atoms with Gasteiger partial charge in [-0.2, -0.15) is 0 Å². The van der Waals surface area contributed by atoms with Gasteiger partial charge < -0.3 is 4.42 Å². The van der Waals surface area contributed by atoms with Gasteiger partial charge in [0, 0.05) is 21.2 Å². The lowest BCUT2D eigenvalue weighted by molar-refractivity contribution is 0.670. The Morgan fingerprint density at radius 3 is 2.39 bits per heavy atom. The second-order valence-electron chi connectivity index (χ2n) is 8.24. The minimum atomic E-state index is 0.899. The van der Waals surface area contributed by atoms with Gasteiger partial charge >= 0.3 is 0 Å². The molecule has 0 spiro atoms. The summed E-state index contributed by atoms with van der Waals surface area (Å²) in [4.78, 5) is 6.31. The van der Waals surface area contributed by atoms with Gasteiger partial charge in [0.2, 0.25) is 0 Å². The smallest absolute Gasteiger partial charge is 0.144 e. The van der Waals surface area contributed by atoms with Crippen LogP contribution in [0.5, 0.6) is 0 Å². The van der Waals surface area contributed by atoms with Gasteiger partial charge in [-0.3, -0.25) is 0 Å². The lowest BCUT2D eigenvalue weighted by atomic mass is 9.98. The minimum absolute atomic E-state index is 0.899. The molecule has 0 amide bonds. The van der Waals surface area contributed by atoms with Crippen molar-refractivity contribution < 1.29 is 4.42 Å². The number of hydrogen-bond acceptors (Lipinski definition) is 3. The standard InChI is InChI=1S/C28H21NOS/c1-16-13-17(2)27(18(3)14-16)26-15-23-25(31-26)12-11-22(29-23)21-9-6-8-20-19-7-4-5-10-24(19)30-28(20)21/h4-15H,1-3H3. The molecule has 3 aromatic heterocycles. The van der Waals surface area contributed by atoms with Crippen molar-refractivity contribution in [2.45, 2.75) is 20.8 Å². The van der Waals surface area contributed by atoms with E-state index in [1.165, 1.54) is 31.8 Å². The molecule has 0 saturated heterocycles. The van der Waals surface area contributed by atoms with Gasteiger partial charge in [0.15, 0.2) is 0 Å². The van der Waals surface area contributed by atoms with E-state index in [2.05, 4.69) is 81.4 Å². The van der Waals surface area contributed by atoms with E-state index in [1.54, 1.807) is 0 Å². The molecule has 0 aliphatic heterocycles. The molecule has 0 radical (unpaired) electrons. The topological polar surface area (TPSA) is 26.0 Å². The van der Waals surface area contributed by atoms with Crippen LogP contribution in [-0.4, -0.2) is 4.98 Å². The van der Waals surface area contributed by atoms with Gasteiger partial charge in [0.25, 0.3) is 0 Å². The molecule has 0 bridgehead atoms. The van der Waals surface area contributed by atoms with Crippen LogP contribution in [0.3, 0.4) is 0 Å². The van der Waals surface area contributed by atoms with E-state index >= 15 is 0 Å². The van der Waals surface area contributed by atoms with E-state index in [4.69, 9.17) is 9.40 Å². The Bertz CT molecular complexity index is 1600. The van der Waals surface area contributed by atoms with Crippen molar-refractivity contribution in [1.29, 1.82) is 0 Å². The molecule has 6 rings (SSSR count). The SMILES string of the molecule is Cc1cc(C)c(-c2cc3nc(-c4cccc5c4oc4ccccc45)ccc3s2)c(C)c1. The average Bonchev–Trinajstić information content (AvgIpc) is 3.33. The van der Waals surface area contributed by atoms with Crippen LogP contribution in [0.15, 0.2) is 77.2 Å². The number of aromatic nitrogens is 1. The predicted octanol–water partition coefficient (Wildman–Crippen LogP) is 8.45. The highest BCUT2D eigenvalue weighted by molar-refractivity contribution is 7.22. The second kappa shape index (κ2) is 6.79. The first kappa shape index (κ1) is 18.3. The first-order valence-corrected chi connectivity index (χ1v) is 11.3. The third-order valence-corrected chi connectivity index (χ3v) is 7.08. The minimum Gasteiger partial charge on any atom is -0.455 e. The van der Waals surface area contributed by atoms with Crippen molar-refractivity contribution in [1.82, 2.24) is 4.98 Å². The Morgan fingerprint density at radius 2 is 1.55 bits per heavy atom. The Kier molecular flexibility index (Phi) is 4.02. The summed E-state index contributed by atoms with van der Waals surface area (Å²) in [6.07, 6.45) is 0. The molecule has 0 aliphatic rings. The van der Waals surface area contributed by atoms with E-state index in [1.807, 2.05) is 23.5 Å². The van der Waals surface area contributed by atoms with Gasteiger partial charge in [0.1, 0.15) is 11.2 Å². The van der Waals surface area contributed by atoms with Gasteiger partial charge in [-0.15, -0.1) is 11.3 Å². The summed E-state index contributed by atoms with van der Waals surface area (Å²) in [6.45, 7) is 6.54. The highest BCUT2D eigenvalue weighted by Gasteiger charge is 2.15. The molecule has 3 aromatic carbocycles. The number of aryl methyl sites for hydroxylation is 3. The lowest BCUT2D eigenvalue weighted by Crippen LogP contribution is -1.87. The van der Waals surface area contributed by atoms with Gasteiger partial charge in [-0.05, 0) is 67.8 Å². The number of furan rings is 1. The summed E-state index contributed by atoms with van der Waals surface area (Å²) in [5, 5.41) is 2.27. The quantitative estimate of drug-likeness (QED) is 0.281. The van der Waals surface area contributed by atoms with Crippen LogP contribution in [0.1, 0.15) is 16.7 Å². The Labute approximate surface area is 184 Å². The van der Waals surface area contributed by atoms with Crippen molar-refractivity contribution in [2.75, 3.05) is 0 Å². The van der Waals surface area contributed by atoms with Crippen molar-refractivity contribution in [3.63, 3.8) is 0 Å². The lowest BCUT2D eigenvalue weighted by Gasteiger charge is -2.09. The van der Waals surface area contributed by atoms with E-state index in [-0.39, 0.29) is 0 Å². The largest absolute Gasteiger partial charge is 0.455 e. The van der Waals surface area contributed by atoms with Crippen molar-refractivity contribution in [2.24, 2.45) is 0 Å². The third-order valence-electron chi connectivity index (χ3n) is 5.98. The fraction of sp³-hybridized carbons (Fsp3) is 0.107. The molecule has 6 aromatic rings. The molecule has 3 heteroatoms.